The van der Waals surface area contributed by atoms with Crippen molar-refractivity contribution in [3.8, 4) is 28.2 Å². The van der Waals surface area contributed by atoms with Crippen molar-refractivity contribution in [1.82, 2.24) is 21.3 Å². The van der Waals surface area contributed by atoms with Crippen LogP contribution in [0.1, 0.15) is 46.4 Å². The number of rotatable bonds is 11. The Kier molecular flexibility index (Phi) is 8.84. The van der Waals surface area contributed by atoms with E-state index in [2.05, 4.69) is 21.3 Å². The smallest absolute Gasteiger partial charge is 0.336 e. The van der Waals surface area contributed by atoms with Crippen LogP contribution in [0.25, 0.3) is 33.4 Å². The van der Waals surface area contributed by atoms with Crippen molar-refractivity contribution in [3.63, 3.8) is 0 Å². The van der Waals surface area contributed by atoms with Gasteiger partial charge in [0.25, 0.3) is 5.91 Å². The molecule has 238 valence electrons. The molecule has 2 fully saturated rings. The first-order chi connectivity index (χ1) is 22.2. The van der Waals surface area contributed by atoms with Crippen molar-refractivity contribution in [3.05, 3.63) is 75.9 Å². The van der Waals surface area contributed by atoms with Gasteiger partial charge in [-0.1, -0.05) is 12.5 Å². The SMILES string of the molecule is O=C(CCCC[C@@H]1SCC2NC(=O)NC21)NCCNC(=O)c1ccc(-c2c3ccc(=O)cc-3oc3ccc(O)cc23)c(C(=O)O)c1. The fraction of sp³-hybridized carbons (Fsp3) is 0.303. The van der Waals surface area contributed by atoms with Crippen LogP contribution in [-0.4, -0.2) is 70.2 Å². The lowest BCUT2D eigenvalue weighted by molar-refractivity contribution is -0.121. The van der Waals surface area contributed by atoms with Crippen LogP contribution in [-0.2, 0) is 4.79 Å². The summed E-state index contributed by atoms with van der Waals surface area (Å²) in [6, 6.07) is 13.1. The molecule has 2 saturated heterocycles. The Labute approximate surface area is 267 Å². The predicted octanol–water partition coefficient (Wildman–Crippen LogP) is 3.54. The number of benzene rings is 3. The number of phenolic OH excluding ortho intramolecular Hbond substituents is 1. The quantitative estimate of drug-likeness (QED) is 0.0807. The fourth-order valence-electron chi connectivity index (χ4n) is 6.07. The van der Waals surface area contributed by atoms with Gasteiger partial charge < -0.3 is 35.9 Å². The number of fused-ring (bicyclic) bond motifs is 3. The van der Waals surface area contributed by atoms with Gasteiger partial charge in [0.2, 0.25) is 5.91 Å². The van der Waals surface area contributed by atoms with Gasteiger partial charge in [-0.3, -0.25) is 14.4 Å². The zero-order chi connectivity index (χ0) is 32.4. The van der Waals surface area contributed by atoms with Crippen LogP contribution >= 0.6 is 11.8 Å². The minimum atomic E-state index is -1.27. The van der Waals surface area contributed by atoms with Crippen LogP contribution in [0.2, 0.25) is 0 Å². The first kappa shape index (κ1) is 31.0. The van der Waals surface area contributed by atoms with E-state index < -0.39 is 11.9 Å². The molecule has 6 rings (SSSR count). The summed E-state index contributed by atoms with van der Waals surface area (Å²) in [5, 5.41) is 32.5. The Morgan fingerprint density at radius 1 is 0.935 bits per heavy atom. The molecule has 4 amide bonds. The summed E-state index contributed by atoms with van der Waals surface area (Å²) >= 11 is 1.84. The Balaban J connectivity index is 1.06. The molecule has 2 aromatic carbocycles. The number of phenols is 1. The predicted molar refractivity (Wildman–Crippen MR) is 172 cm³/mol. The molecule has 4 aliphatic rings. The summed E-state index contributed by atoms with van der Waals surface area (Å²) in [5.41, 5.74) is 1.22. The van der Waals surface area contributed by atoms with Crippen LogP contribution in [0.3, 0.4) is 0 Å². The number of nitrogens with one attached hydrogen (secondary N) is 4. The third kappa shape index (κ3) is 6.50. The van der Waals surface area contributed by atoms with Crippen LogP contribution in [0.4, 0.5) is 4.79 Å². The van der Waals surface area contributed by atoms with Crippen LogP contribution in [0.15, 0.2) is 63.8 Å². The highest BCUT2D eigenvalue weighted by Gasteiger charge is 2.42. The largest absolute Gasteiger partial charge is 0.508 e. The van der Waals surface area contributed by atoms with Crippen molar-refractivity contribution in [1.29, 1.82) is 0 Å². The number of hydrogen-bond donors (Lipinski definition) is 6. The molecule has 13 heteroatoms. The number of thioether (sulfide) groups is 1. The summed E-state index contributed by atoms with van der Waals surface area (Å²) in [7, 11) is 0. The van der Waals surface area contributed by atoms with Crippen molar-refractivity contribution in [2.24, 2.45) is 0 Å². The van der Waals surface area contributed by atoms with Gasteiger partial charge in [0.15, 0.2) is 5.43 Å². The molecule has 0 bridgehead atoms. The first-order valence-corrected chi connectivity index (χ1v) is 16.0. The monoisotopic (exact) mass is 644 g/mol. The first-order valence-electron chi connectivity index (χ1n) is 15.0. The highest BCUT2D eigenvalue weighted by atomic mass is 32.2. The fourth-order valence-corrected chi connectivity index (χ4v) is 7.62. The number of carbonyl (C=O) groups is 4. The second-order valence-electron chi connectivity index (χ2n) is 11.4. The maximum atomic E-state index is 12.9. The molecule has 0 radical (unpaired) electrons. The number of amides is 4. The lowest BCUT2D eigenvalue weighted by Gasteiger charge is -2.17. The van der Waals surface area contributed by atoms with Gasteiger partial charge in [-0.15, -0.1) is 0 Å². The van der Waals surface area contributed by atoms with E-state index in [4.69, 9.17) is 4.42 Å². The maximum Gasteiger partial charge on any atom is 0.336 e. The highest BCUT2D eigenvalue weighted by molar-refractivity contribution is 8.00. The Bertz CT molecular complexity index is 1870. The van der Waals surface area contributed by atoms with Gasteiger partial charge in [-0.05, 0) is 60.9 Å². The number of carbonyl (C=O) groups excluding carboxylic acids is 3. The highest BCUT2D eigenvalue weighted by Crippen LogP contribution is 2.42. The molecule has 3 aliphatic heterocycles. The molecule has 0 saturated carbocycles. The number of urea groups is 1. The second-order valence-corrected chi connectivity index (χ2v) is 12.6. The van der Waals surface area contributed by atoms with Gasteiger partial charge in [-0.25, -0.2) is 9.59 Å². The van der Waals surface area contributed by atoms with Gasteiger partial charge in [0.1, 0.15) is 17.1 Å². The Morgan fingerprint density at radius 2 is 1.74 bits per heavy atom. The summed E-state index contributed by atoms with van der Waals surface area (Å²) in [6.07, 6.45) is 2.87. The van der Waals surface area contributed by atoms with Crippen LogP contribution < -0.4 is 26.7 Å². The molecule has 0 aromatic heterocycles. The lowest BCUT2D eigenvalue weighted by atomic mass is 9.90. The van der Waals surface area contributed by atoms with Gasteiger partial charge in [0, 0.05) is 58.7 Å². The Morgan fingerprint density at radius 3 is 2.57 bits per heavy atom. The zero-order valence-electron chi connectivity index (χ0n) is 24.6. The maximum absolute atomic E-state index is 12.9. The number of aromatic hydroxyl groups is 1. The van der Waals surface area contributed by atoms with E-state index >= 15 is 0 Å². The van der Waals surface area contributed by atoms with E-state index in [9.17, 15) is 34.2 Å². The summed E-state index contributed by atoms with van der Waals surface area (Å²) in [4.78, 5) is 61.2. The van der Waals surface area contributed by atoms with E-state index in [0.717, 1.165) is 25.0 Å². The van der Waals surface area contributed by atoms with Gasteiger partial charge in [0.05, 0.1) is 17.6 Å². The topological polar surface area (TPSA) is 187 Å². The molecule has 1 aliphatic carbocycles. The molecule has 0 spiro atoms. The average Bonchev–Trinajstić information content (AvgIpc) is 3.59. The summed E-state index contributed by atoms with van der Waals surface area (Å²) in [5.74, 6) is -0.795. The van der Waals surface area contributed by atoms with Gasteiger partial charge in [-0.2, -0.15) is 11.8 Å². The molecule has 3 heterocycles. The molecule has 2 unspecified atom stereocenters. The van der Waals surface area contributed by atoms with E-state index in [-0.39, 0.29) is 70.7 Å². The standard InChI is InChI=1S/C33H32N4O8S/c38-18-7-10-25-23(14-18)29(21-9-6-19(39)15-26(21)45-25)20-8-5-17(13-22(20)32(42)43)31(41)35-12-11-34-28(40)4-2-1-3-27-30-24(16-46-27)36-33(44)37-30/h5-10,13-15,24,27,30,38H,1-4,11-12,16H2,(H,34,40)(H,35,41)(H,42,43)(H2,36,37,44)/t24?,27-,30?/m0/s1. The summed E-state index contributed by atoms with van der Waals surface area (Å²) in [6.45, 7) is 0.362. The molecule has 46 heavy (non-hydrogen) atoms. The molecule has 6 N–H and O–H groups in total. The van der Waals surface area contributed by atoms with Crippen LogP contribution in [0, 0.1) is 0 Å². The van der Waals surface area contributed by atoms with E-state index in [1.807, 2.05) is 11.8 Å². The number of carboxylic acids is 1. The second kappa shape index (κ2) is 13.1. The van der Waals surface area contributed by atoms with Crippen molar-refractivity contribution >= 4 is 46.5 Å². The average molecular weight is 645 g/mol. The molecular weight excluding hydrogens is 612 g/mol. The Hall–Kier alpha value is -5.04. The van der Waals surface area contributed by atoms with Crippen molar-refractivity contribution < 1.29 is 33.8 Å². The van der Waals surface area contributed by atoms with Crippen molar-refractivity contribution in [2.45, 2.75) is 43.0 Å². The van der Waals surface area contributed by atoms with E-state index in [1.54, 1.807) is 0 Å². The molecule has 3 atom stereocenters. The minimum absolute atomic E-state index is 0.0528. The molecule has 2 aromatic rings. The van der Waals surface area contributed by atoms with Crippen LogP contribution in [0.5, 0.6) is 5.75 Å². The van der Waals surface area contributed by atoms with Crippen molar-refractivity contribution in [2.75, 3.05) is 18.8 Å². The summed E-state index contributed by atoms with van der Waals surface area (Å²) < 4.78 is 5.88. The molecular formula is C33H32N4O8S. The molecule has 12 nitrogen and oxygen atoms in total. The zero-order valence-corrected chi connectivity index (χ0v) is 25.4. The van der Waals surface area contributed by atoms with Gasteiger partial charge >= 0.3 is 12.0 Å². The minimum Gasteiger partial charge on any atom is -0.508 e. The van der Waals surface area contributed by atoms with E-state index in [0.29, 0.717) is 33.8 Å². The normalized spacial score (nSPS) is 18.6. The number of hydrogen-bond acceptors (Lipinski definition) is 8. The number of carboxylic acid groups (broad SMARTS) is 1. The third-order valence-corrected chi connectivity index (χ3v) is 9.78. The number of unbranched alkanes of at least 4 members (excludes halogenated alkanes) is 1. The lowest BCUT2D eigenvalue weighted by Crippen LogP contribution is -2.36. The third-order valence-electron chi connectivity index (χ3n) is 8.27. The van der Waals surface area contributed by atoms with E-state index in [1.165, 1.54) is 54.6 Å². The number of aromatic carboxylic acids is 1.